The first-order valence-electron chi connectivity index (χ1n) is 7.48. The normalized spacial score (nSPS) is 21.9. The van der Waals surface area contributed by atoms with Crippen LogP contribution in [0.15, 0.2) is 24.3 Å². The van der Waals surface area contributed by atoms with Crippen molar-refractivity contribution in [3.05, 3.63) is 24.3 Å². The average Bonchev–Trinajstić information content (AvgIpc) is 2.88. The van der Waals surface area contributed by atoms with Crippen LogP contribution in [-0.2, 0) is 4.74 Å². The molecule has 0 aliphatic carbocycles. The second-order valence-corrected chi connectivity index (χ2v) is 5.41. The van der Waals surface area contributed by atoms with Crippen LogP contribution in [0.3, 0.4) is 0 Å². The topological polar surface area (TPSA) is 47.7 Å². The number of benzene rings is 1. The number of ether oxygens (including phenoxy) is 2. The van der Waals surface area contributed by atoms with Gasteiger partial charge in [0.2, 0.25) is 0 Å². The van der Waals surface area contributed by atoms with Crippen molar-refractivity contribution in [3.63, 3.8) is 0 Å². The molecular formula is C16H26N2O2. The van der Waals surface area contributed by atoms with Crippen LogP contribution in [0.25, 0.3) is 0 Å². The number of rotatable bonds is 7. The van der Waals surface area contributed by atoms with Gasteiger partial charge in [0.25, 0.3) is 0 Å². The highest BCUT2D eigenvalue weighted by Gasteiger charge is 2.24. The van der Waals surface area contributed by atoms with E-state index < -0.39 is 0 Å². The van der Waals surface area contributed by atoms with Crippen LogP contribution in [0.1, 0.15) is 26.2 Å². The van der Waals surface area contributed by atoms with Crippen LogP contribution in [0, 0.1) is 0 Å². The van der Waals surface area contributed by atoms with E-state index in [1.54, 1.807) is 7.11 Å². The highest BCUT2D eigenvalue weighted by molar-refractivity contribution is 5.58. The van der Waals surface area contributed by atoms with Crippen LogP contribution >= 0.6 is 0 Å². The molecule has 0 spiro atoms. The summed E-state index contributed by atoms with van der Waals surface area (Å²) in [4.78, 5) is 2.34. The Balaban J connectivity index is 2.09. The van der Waals surface area contributed by atoms with Crippen molar-refractivity contribution in [1.29, 1.82) is 0 Å². The van der Waals surface area contributed by atoms with Crippen molar-refractivity contribution >= 4 is 5.69 Å². The van der Waals surface area contributed by atoms with Crippen molar-refractivity contribution in [2.24, 2.45) is 5.73 Å². The first kappa shape index (κ1) is 15.1. The summed E-state index contributed by atoms with van der Waals surface area (Å²) < 4.78 is 11.4. The molecule has 2 rings (SSSR count). The maximum absolute atomic E-state index is 5.95. The van der Waals surface area contributed by atoms with E-state index in [4.69, 9.17) is 15.2 Å². The lowest BCUT2D eigenvalue weighted by Crippen LogP contribution is -2.34. The summed E-state index contributed by atoms with van der Waals surface area (Å²) in [7, 11) is 1.72. The lowest BCUT2D eigenvalue weighted by molar-refractivity contribution is 0.0599. The van der Waals surface area contributed by atoms with E-state index >= 15 is 0 Å². The van der Waals surface area contributed by atoms with Gasteiger partial charge in [0.05, 0.1) is 25.0 Å². The van der Waals surface area contributed by atoms with E-state index in [-0.39, 0.29) is 0 Å². The summed E-state index contributed by atoms with van der Waals surface area (Å²) in [5.74, 6) is 0.913. The molecule has 2 atom stereocenters. The van der Waals surface area contributed by atoms with E-state index in [9.17, 15) is 0 Å². The zero-order valence-corrected chi connectivity index (χ0v) is 12.5. The number of methoxy groups -OCH3 is 1. The quantitative estimate of drug-likeness (QED) is 0.832. The van der Waals surface area contributed by atoms with Gasteiger partial charge in [0, 0.05) is 13.1 Å². The minimum absolute atomic E-state index is 0.313. The lowest BCUT2D eigenvalue weighted by Gasteiger charge is -2.29. The standard InChI is InChI=1S/C16H26N2O2/c1-13-8-9-14(20-13)12-18(11-5-10-17)15-6-3-4-7-16(15)19-2/h3-4,6-7,13-14H,5,8-12,17H2,1-2H3. The molecule has 4 heteroatoms. The molecule has 112 valence electrons. The predicted molar refractivity (Wildman–Crippen MR) is 82.4 cm³/mol. The van der Waals surface area contributed by atoms with Gasteiger partial charge in [0.1, 0.15) is 5.75 Å². The molecular weight excluding hydrogens is 252 g/mol. The van der Waals surface area contributed by atoms with Crippen LogP contribution in [0.4, 0.5) is 5.69 Å². The SMILES string of the molecule is COc1ccccc1N(CCCN)CC1CCC(C)O1. The first-order chi connectivity index (χ1) is 9.74. The fourth-order valence-corrected chi connectivity index (χ4v) is 2.75. The van der Waals surface area contributed by atoms with Gasteiger partial charge in [0.15, 0.2) is 0 Å². The van der Waals surface area contributed by atoms with Crippen molar-refractivity contribution in [3.8, 4) is 5.75 Å². The molecule has 20 heavy (non-hydrogen) atoms. The number of anilines is 1. The largest absolute Gasteiger partial charge is 0.495 e. The zero-order valence-electron chi connectivity index (χ0n) is 12.5. The van der Waals surface area contributed by atoms with Crippen molar-refractivity contribution in [2.45, 2.75) is 38.4 Å². The molecule has 1 aliphatic heterocycles. The van der Waals surface area contributed by atoms with E-state index in [2.05, 4.69) is 17.9 Å². The molecule has 0 bridgehead atoms. The second kappa shape index (κ2) is 7.50. The molecule has 1 fully saturated rings. The summed E-state index contributed by atoms with van der Waals surface area (Å²) in [5.41, 5.74) is 6.80. The highest BCUT2D eigenvalue weighted by atomic mass is 16.5. The summed E-state index contributed by atoms with van der Waals surface area (Å²) in [6.45, 7) is 4.69. The lowest BCUT2D eigenvalue weighted by atomic mass is 10.1. The van der Waals surface area contributed by atoms with Crippen molar-refractivity contribution < 1.29 is 9.47 Å². The maximum Gasteiger partial charge on any atom is 0.142 e. The molecule has 1 aromatic carbocycles. The molecule has 4 nitrogen and oxygen atoms in total. The van der Waals surface area contributed by atoms with Gasteiger partial charge in [-0.25, -0.2) is 0 Å². The summed E-state index contributed by atoms with van der Waals surface area (Å²) in [6, 6.07) is 8.15. The molecule has 0 radical (unpaired) electrons. The third-order valence-corrected chi connectivity index (χ3v) is 3.80. The predicted octanol–water partition coefficient (Wildman–Crippen LogP) is 2.42. The minimum Gasteiger partial charge on any atom is -0.495 e. The smallest absolute Gasteiger partial charge is 0.142 e. The van der Waals surface area contributed by atoms with Gasteiger partial charge in [-0.1, -0.05) is 12.1 Å². The number of nitrogens with two attached hydrogens (primary N) is 1. The Morgan fingerprint density at radius 2 is 2.15 bits per heavy atom. The first-order valence-corrected chi connectivity index (χ1v) is 7.48. The maximum atomic E-state index is 5.95. The van der Waals surface area contributed by atoms with Crippen molar-refractivity contribution in [1.82, 2.24) is 0 Å². The fraction of sp³-hybridized carbons (Fsp3) is 0.625. The second-order valence-electron chi connectivity index (χ2n) is 5.41. The van der Waals surface area contributed by atoms with Crippen LogP contribution in [-0.4, -0.2) is 39.0 Å². The van der Waals surface area contributed by atoms with E-state index in [0.717, 1.165) is 43.8 Å². The van der Waals surface area contributed by atoms with Gasteiger partial charge in [-0.3, -0.25) is 0 Å². The Morgan fingerprint density at radius 1 is 1.35 bits per heavy atom. The minimum atomic E-state index is 0.313. The van der Waals surface area contributed by atoms with E-state index in [1.165, 1.54) is 0 Å². The van der Waals surface area contributed by atoms with Gasteiger partial charge in [-0.05, 0) is 44.9 Å². The van der Waals surface area contributed by atoms with Crippen LogP contribution < -0.4 is 15.4 Å². The molecule has 0 saturated carbocycles. The van der Waals surface area contributed by atoms with Gasteiger partial charge in [-0.2, -0.15) is 0 Å². The molecule has 1 heterocycles. The summed E-state index contributed by atoms with van der Waals surface area (Å²) in [5, 5.41) is 0. The molecule has 0 amide bonds. The molecule has 2 N–H and O–H groups in total. The van der Waals surface area contributed by atoms with Gasteiger partial charge in [-0.15, -0.1) is 0 Å². The van der Waals surface area contributed by atoms with Crippen molar-refractivity contribution in [2.75, 3.05) is 31.6 Å². The fourth-order valence-electron chi connectivity index (χ4n) is 2.75. The third kappa shape index (κ3) is 3.87. The van der Waals surface area contributed by atoms with Crippen LogP contribution in [0.5, 0.6) is 5.75 Å². The van der Waals surface area contributed by atoms with Gasteiger partial charge >= 0.3 is 0 Å². The third-order valence-electron chi connectivity index (χ3n) is 3.80. The van der Waals surface area contributed by atoms with Gasteiger partial charge < -0.3 is 20.1 Å². The summed E-state index contributed by atoms with van der Waals surface area (Å²) in [6.07, 6.45) is 3.96. The molecule has 1 aromatic rings. The Kier molecular flexibility index (Phi) is 5.68. The Labute approximate surface area is 121 Å². The Hall–Kier alpha value is -1.26. The Morgan fingerprint density at radius 3 is 2.80 bits per heavy atom. The molecule has 0 aromatic heterocycles. The molecule has 2 unspecified atom stereocenters. The number of hydrogen-bond acceptors (Lipinski definition) is 4. The Bertz CT molecular complexity index is 411. The average molecular weight is 278 g/mol. The monoisotopic (exact) mass is 278 g/mol. The molecule has 1 saturated heterocycles. The highest BCUT2D eigenvalue weighted by Crippen LogP contribution is 2.29. The number of hydrogen-bond donors (Lipinski definition) is 1. The van der Waals surface area contributed by atoms with E-state index in [0.29, 0.717) is 18.8 Å². The van der Waals surface area contributed by atoms with Crippen LogP contribution in [0.2, 0.25) is 0 Å². The number of nitrogens with zero attached hydrogens (tertiary/aromatic N) is 1. The zero-order chi connectivity index (χ0) is 14.4. The summed E-state index contributed by atoms with van der Waals surface area (Å²) >= 11 is 0. The van der Waals surface area contributed by atoms with E-state index in [1.807, 2.05) is 18.2 Å². The number of para-hydroxylation sites is 2. The molecule has 1 aliphatic rings.